The van der Waals surface area contributed by atoms with Crippen molar-refractivity contribution in [3.8, 4) is 10.6 Å². The molecular formula is C18H13N3O2S2. The van der Waals surface area contributed by atoms with Gasteiger partial charge < -0.3 is 4.74 Å². The van der Waals surface area contributed by atoms with Gasteiger partial charge in [-0.05, 0) is 24.3 Å². The number of aromatic nitrogens is 3. The van der Waals surface area contributed by atoms with Gasteiger partial charge in [0.05, 0.1) is 22.3 Å². The van der Waals surface area contributed by atoms with Crippen LogP contribution in [0.2, 0.25) is 0 Å². The number of ether oxygens (including phenoxy) is 1. The third-order valence-electron chi connectivity index (χ3n) is 3.48. The van der Waals surface area contributed by atoms with Crippen molar-refractivity contribution >= 4 is 38.9 Å². The van der Waals surface area contributed by atoms with Gasteiger partial charge >= 0.3 is 5.97 Å². The summed E-state index contributed by atoms with van der Waals surface area (Å²) in [6.45, 7) is 0.192. The average molecular weight is 367 g/mol. The smallest absolute Gasteiger partial charge is 0.312 e. The lowest BCUT2D eigenvalue weighted by molar-refractivity contribution is -0.144. The van der Waals surface area contributed by atoms with E-state index in [4.69, 9.17) is 4.74 Å². The summed E-state index contributed by atoms with van der Waals surface area (Å²) in [4.78, 5) is 25.1. The Bertz CT molecular complexity index is 978. The molecule has 3 heterocycles. The molecule has 5 nitrogen and oxygen atoms in total. The molecule has 25 heavy (non-hydrogen) atoms. The van der Waals surface area contributed by atoms with E-state index in [0.29, 0.717) is 5.69 Å². The number of hydrogen-bond donors (Lipinski definition) is 0. The van der Waals surface area contributed by atoms with Crippen molar-refractivity contribution in [2.75, 3.05) is 0 Å². The number of thiazole rings is 2. The molecule has 0 unspecified atom stereocenters. The van der Waals surface area contributed by atoms with Crippen molar-refractivity contribution in [3.63, 3.8) is 0 Å². The summed E-state index contributed by atoms with van der Waals surface area (Å²) in [5, 5.41) is 3.52. The predicted octanol–water partition coefficient (Wildman–Crippen LogP) is 4.10. The van der Waals surface area contributed by atoms with E-state index in [1.807, 2.05) is 41.8 Å². The van der Waals surface area contributed by atoms with Crippen molar-refractivity contribution in [1.82, 2.24) is 15.0 Å². The number of carbonyl (C=O) groups is 1. The normalized spacial score (nSPS) is 10.9. The minimum absolute atomic E-state index is 0.154. The van der Waals surface area contributed by atoms with Crippen LogP contribution in [-0.4, -0.2) is 20.9 Å². The molecule has 3 aromatic heterocycles. The van der Waals surface area contributed by atoms with Crippen LogP contribution < -0.4 is 0 Å². The number of pyridine rings is 1. The van der Waals surface area contributed by atoms with Gasteiger partial charge in [-0.25, -0.2) is 9.97 Å². The number of para-hydroxylation sites is 1. The van der Waals surface area contributed by atoms with Gasteiger partial charge in [-0.2, -0.15) is 0 Å². The molecule has 4 rings (SSSR count). The van der Waals surface area contributed by atoms with Crippen LogP contribution in [0.15, 0.2) is 54.2 Å². The summed E-state index contributed by atoms with van der Waals surface area (Å²) in [7, 11) is 0. The van der Waals surface area contributed by atoms with Crippen molar-refractivity contribution < 1.29 is 9.53 Å². The van der Waals surface area contributed by atoms with Crippen molar-refractivity contribution in [2.24, 2.45) is 0 Å². The first-order chi connectivity index (χ1) is 12.3. The molecule has 0 radical (unpaired) electrons. The van der Waals surface area contributed by atoms with Crippen molar-refractivity contribution in [1.29, 1.82) is 0 Å². The van der Waals surface area contributed by atoms with Gasteiger partial charge in [-0.3, -0.25) is 9.78 Å². The van der Waals surface area contributed by atoms with Gasteiger partial charge in [-0.15, -0.1) is 22.7 Å². The first kappa shape index (κ1) is 15.9. The Morgan fingerprint density at radius 1 is 1.12 bits per heavy atom. The highest BCUT2D eigenvalue weighted by molar-refractivity contribution is 7.18. The maximum absolute atomic E-state index is 12.1. The predicted molar refractivity (Wildman–Crippen MR) is 98.5 cm³/mol. The topological polar surface area (TPSA) is 65.0 Å². The molecule has 0 atom stereocenters. The van der Waals surface area contributed by atoms with Crippen LogP contribution in [-0.2, 0) is 22.6 Å². The van der Waals surface area contributed by atoms with E-state index in [-0.39, 0.29) is 19.0 Å². The zero-order chi connectivity index (χ0) is 17.1. The van der Waals surface area contributed by atoms with Crippen molar-refractivity contribution in [3.05, 3.63) is 64.9 Å². The fourth-order valence-electron chi connectivity index (χ4n) is 2.33. The maximum atomic E-state index is 12.1. The molecule has 124 valence electrons. The van der Waals surface area contributed by atoms with Crippen LogP contribution in [0.5, 0.6) is 0 Å². The lowest BCUT2D eigenvalue weighted by Gasteiger charge is -2.00. The van der Waals surface area contributed by atoms with Crippen LogP contribution >= 0.6 is 22.7 Å². The van der Waals surface area contributed by atoms with Crippen LogP contribution in [0.25, 0.3) is 20.8 Å². The number of esters is 1. The van der Waals surface area contributed by atoms with E-state index < -0.39 is 0 Å². The summed E-state index contributed by atoms with van der Waals surface area (Å²) in [5.41, 5.74) is 2.58. The Balaban J connectivity index is 1.37. The van der Waals surface area contributed by atoms with Crippen molar-refractivity contribution in [2.45, 2.75) is 13.0 Å². The molecule has 0 aliphatic rings. The molecule has 0 saturated carbocycles. The van der Waals surface area contributed by atoms with Crippen LogP contribution in [0, 0.1) is 0 Å². The second kappa shape index (κ2) is 7.08. The number of hydrogen-bond acceptors (Lipinski definition) is 7. The van der Waals surface area contributed by atoms with Gasteiger partial charge in [0, 0.05) is 23.3 Å². The largest absolute Gasteiger partial charge is 0.458 e. The monoisotopic (exact) mass is 367 g/mol. The lowest BCUT2D eigenvalue weighted by Crippen LogP contribution is -2.08. The van der Waals surface area contributed by atoms with Crippen LogP contribution in [0.3, 0.4) is 0 Å². The first-order valence-electron chi connectivity index (χ1n) is 7.63. The number of nitrogens with zero attached hydrogens (tertiary/aromatic N) is 3. The molecule has 0 saturated heterocycles. The van der Waals surface area contributed by atoms with Gasteiger partial charge in [0.1, 0.15) is 16.6 Å². The van der Waals surface area contributed by atoms with Gasteiger partial charge in [0.2, 0.25) is 0 Å². The molecule has 7 heteroatoms. The van der Waals surface area contributed by atoms with Gasteiger partial charge in [0.15, 0.2) is 0 Å². The fraction of sp³-hybridized carbons (Fsp3) is 0.111. The van der Waals surface area contributed by atoms with Crippen LogP contribution in [0.1, 0.15) is 10.7 Å². The molecule has 0 amide bonds. The Morgan fingerprint density at radius 3 is 2.88 bits per heavy atom. The number of benzene rings is 1. The van der Waals surface area contributed by atoms with Crippen LogP contribution in [0.4, 0.5) is 0 Å². The molecule has 1 aromatic carbocycles. The maximum Gasteiger partial charge on any atom is 0.312 e. The molecule has 0 N–H and O–H groups in total. The summed E-state index contributed by atoms with van der Waals surface area (Å²) in [6, 6.07) is 11.7. The molecule has 0 aliphatic carbocycles. The molecule has 0 spiro atoms. The number of fused-ring (bicyclic) bond motifs is 1. The Hall–Kier alpha value is -2.64. The van der Waals surface area contributed by atoms with E-state index in [1.165, 1.54) is 22.7 Å². The Labute approximate surface area is 152 Å². The summed E-state index contributed by atoms with van der Waals surface area (Å²) < 4.78 is 6.43. The Morgan fingerprint density at radius 2 is 2.04 bits per heavy atom. The van der Waals surface area contributed by atoms with E-state index in [2.05, 4.69) is 15.0 Å². The third kappa shape index (κ3) is 3.72. The standard InChI is InChI=1S/C18H13N3O2S2/c22-17(23-10-16-21-14-5-1-2-6-15(14)25-16)8-13-11-24-18(20-13)12-4-3-7-19-9-12/h1-7,9,11H,8,10H2. The summed E-state index contributed by atoms with van der Waals surface area (Å²) in [5.74, 6) is -0.303. The number of carbonyl (C=O) groups excluding carboxylic acids is 1. The second-order valence-electron chi connectivity index (χ2n) is 5.30. The highest BCUT2D eigenvalue weighted by Crippen LogP contribution is 2.24. The van der Waals surface area contributed by atoms with Gasteiger partial charge in [-0.1, -0.05) is 12.1 Å². The third-order valence-corrected chi connectivity index (χ3v) is 5.43. The molecule has 0 bridgehead atoms. The number of rotatable bonds is 5. The Kier molecular flexibility index (Phi) is 4.49. The van der Waals surface area contributed by atoms with E-state index >= 15 is 0 Å². The zero-order valence-electron chi connectivity index (χ0n) is 13.1. The average Bonchev–Trinajstić information content (AvgIpc) is 3.27. The highest BCUT2D eigenvalue weighted by atomic mass is 32.1. The minimum atomic E-state index is -0.303. The molecular weight excluding hydrogens is 354 g/mol. The molecule has 0 fully saturated rings. The molecule has 0 aliphatic heterocycles. The first-order valence-corrected chi connectivity index (χ1v) is 9.32. The second-order valence-corrected chi connectivity index (χ2v) is 7.27. The van der Waals surface area contributed by atoms with E-state index in [9.17, 15) is 4.79 Å². The molecule has 4 aromatic rings. The van der Waals surface area contributed by atoms with Gasteiger partial charge in [0.25, 0.3) is 0 Å². The minimum Gasteiger partial charge on any atom is -0.458 e. The fourth-order valence-corrected chi connectivity index (χ4v) is 4.02. The lowest BCUT2D eigenvalue weighted by atomic mass is 10.3. The van der Waals surface area contributed by atoms with E-state index in [0.717, 1.165) is 25.8 Å². The highest BCUT2D eigenvalue weighted by Gasteiger charge is 2.12. The SMILES string of the molecule is O=C(Cc1csc(-c2cccnc2)n1)OCc1nc2ccccc2s1. The summed E-state index contributed by atoms with van der Waals surface area (Å²) in [6.07, 6.45) is 3.63. The quantitative estimate of drug-likeness (QED) is 0.497. The zero-order valence-corrected chi connectivity index (χ0v) is 14.7. The van der Waals surface area contributed by atoms with E-state index in [1.54, 1.807) is 12.4 Å². The summed E-state index contributed by atoms with van der Waals surface area (Å²) >= 11 is 3.03.